The van der Waals surface area contributed by atoms with Gasteiger partial charge in [0, 0.05) is 11.6 Å². The number of nitrogens with two attached hydrogens (primary N) is 1. The van der Waals surface area contributed by atoms with Crippen molar-refractivity contribution in [1.29, 1.82) is 0 Å². The number of benzene rings is 2. The number of carbonyl (C=O) groups excluding carboxylic acids is 1. The van der Waals surface area contributed by atoms with Crippen molar-refractivity contribution >= 4 is 18.4 Å². The van der Waals surface area contributed by atoms with Crippen LogP contribution in [-0.2, 0) is 15.7 Å². The minimum atomic E-state index is -4.90. The fourth-order valence-electron chi connectivity index (χ4n) is 3.07. The van der Waals surface area contributed by atoms with Gasteiger partial charge in [0.25, 0.3) is 0 Å². The van der Waals surface area contributed by atoms with Crippen LogP contribution in [0, 0.1) is 19.7 Å². The Hall–Kier alpha value is -2.12. The Morgan fingerprint density at radius 1 is 1.18 bits per heavy atom. The van der Waals surface area contributed by atoms with Crippen molar-refractivity contribution in [3.63, 3.8) is 0 Å². The fourth-order valence-corrected chi connectivity index (χ4v) is 3.07. The Kier molecular flexibility index (Phi) is 8.02. The molecule has 2 aromatic carbocycles. The summed E-state index contributed by atoms with van der Waals surface area (Å²) in [7, 11) is 0. The number of hydrogen-bond acceptors (Lipinski definition) is 3. The quantitative estimate of drug-likeness (QED) is 0.514. The maximum Gasteiger partial charge on any atom is 0.419 e. The second kappa shape index (κ2) is 9.39. The summed E-state index contributed by atoms with van der Waals surface area (Å²) in [5.74, 6) is -2.15. The highest BCUT2D eigenvalue weighted by Gasteiger charge is 2.37. The Labute approximate surface area is 167 Å². The first-order chi connectivity index (χ1) is 12.6. The highest BCUT2D eigenvalue weighted by Crippen LogP contribution is 2.40. The van der Waals surface area contributed by atoms with E-state index in [0.717, 1.165) is 11.6 Å². The molecule has 0 saturated heterocycles. The van der Waals surface area contributed by atoms with E-state index in [4.69, 9.17) is 10.5 Å². The summed E-state index contributed by atoms with van der Waals surface area (Å²) >= 11 is 0. The van der Waals surface area contributed by atoms with E-state index in [0.29, 0.717) is 5.56 Å². The van der Waals surface area contributed by atoms with E-state index in [1.54, 1.807) is 38.1 Å². The highest BCUT2D eigenvalue weighted by atomic mass is 35.5. The lowest BCUT2D eigenvalue weighted by Gasteiger charge is -2.22. The van der Waals surface area contributed by atoms with Crippen LogP contribution in [0.5, 0.6) is 0 Å². The van der Waals surface area contributed by atoms with Gasteiger partial charge in [-0.25, -0.2) is 4.39 Å². The molecule has 154 valence electrons. The van der Waals surface area contributed by atoms with Gasteiger partial charge in [-0.15, -0.1) is 12.4 Å². The van der Waals surface area contributed by atoms with Crippen molar-refractivity contribution in [2.45, 2.75) is 39.4 Å². The van der Waals surface area contributed by atoms with Crippen molar-refractivity contribution in [2.24, 2.45) is 5.73 Å². The summed E-state index contributed by atoms with van der Waals surface area (Å²) in [4.78, 5) is 11.7. The van der Waals surface area contributed by atoms with E-state index < -0.39 is 36.0 Å². The molecule has 0 aliphatic carbocycles. The number of rotatable bonds is 5. The van der Waals surface area contributed by atoms with E-state index in [1.165, 1.54) is 6.92 Å². The van der Waals surface area contributed by atoms with E-state index in [1.807, 2.05) is 0 Å². The summed E-state index contributed by atoms with van der Waals surface area (Å²) in [6.45, 7) is 4.95. The molecule has 0 heterocycles. The lowest BCUT2D eigenvalue weighted by Crippen LogP contribution is -2.22. The number of hydrogen-bond donors (Lipinski definition) is 1. The van der Waals surface area contributed by atoms with E-state index in [2.05, 4.69) is 0 Å². The highest BCUT2D eigenvalue weighted by molar-refractivity contribution is 5.85. The van der Waals surface area contributed by atoms with Crippen LogP contribution < -0.4 is 5.73 Å². The maximum absolute atomic E-state index is 14.8. The number of halogens is 5. The normalized spacial score (nSPS) is 12.3. The van der Waals surface area contributed by atoms with Crippen LogP contribution in [0.15, 0.2) is 30.3 Å². The molecule has 1 unspecified atom stereocenters. The third-order valence-corrected chi connectivity index (χ3v) is 4.37. The molecule has 0 fully saturated rings. The first-order valence-corrected chi connectivity index (χ1v) is 8.45. The van der Waals surface area contributed by atoms with Gasteiger partial charge >= 0.3 is 12.1 Å². The fraction of sp³-hybridized carbons (Fsp3) is 0.350. The molecule has 0 aliphatic rings. The van der Waals surface area contributed by atoms with Gasteiger partial charge in [-0.05, 0) is 49.1 Å². The zero-order valence-corrected chi connectivity index (χ0v) is 16.5. The van der Waals surface area contributed by atoms with Crippen LogP contribution in [0.4, 0.5) is 17.6 Å². The summed E-state index contributed by atoms with van der Waals surface area (Å²) in [6.07, 6.45) is -5.31. The Morgan fingerprint density at radius 2 is 1.79 bits per heavy atom. The molecule has 0 radical (unpaired) electrons. The van der Waals surface area contributed by atoms with E-state index in [9.17, 15) is 22.4 Å². The van der Waals surface area contributed by atoms with Crippen LogP contribution in [-0.4, -0.2) is 12.6 Å². The largest absolute Gasteiger partial charge is 0.466 e. The van der Waals surface area contributed by atoms with Crippen LogP contribution in [0.25, 0.3) is 11.1 Å². The summed E-state index contributed by atoms with van der Waals surface area (Å²) in [6, 6.07) is 6.41. The first kappa shape index (κ1) is 23.9. The maximum atomic E-state index is 14.8. The van der Waals surface area contributed by atoms with Crippen molar-refractivity contribution in [3.8, 4) is 11.1 Å². The molecule has 3 nitrogen and oxygen atoms in total. The van der Waals surface area contributed by atoms with E-state index >= 15 is 0 Å². The number of carbonyl (C=O) groups is 1. The molecule has 0 saturated carbocycles. The third-order valence-electron chi connectivity index (χ3n) is 4.37. The second-order valence-corrected chi connectivity index (χ2v) is 6.25. The van der Waals surface area contributed by atoms with Gasteiger partial charge in [-0.1, -0.05) is 24.3 Å². The van der Waals surface area contributed by atoms with Crippen molar-refractivity contribution in [1.82, 2.24) is 0 Å². The average molecular weight is 420 g/mol. The minimum Gasteiger partial charge on any atom is -0.466 e. The Morgan fingerprint density at radius 3 is 2.32 bits per heavy atom. The zero-order chi connectivity index (χ0) is 20.4. The molecule has 2 aromatic rings. The van der Waals surface area contributed by atoms with Gasteiger partial charge in [0.15, 0.2) is 0 Å². The van der Waals surface area contributed by atoms with Crippen molar-refractivity contribution in [3.05, 3.63) is 58.4 Å². The molecular weight excluding hydrogens is 398 g/mol. The first-order valence-electron chi connectivity index (χ1n) is 8.45. The molecule has 2 N–H and O–H groups in total. The van der Waals surface area contributed by atoms with Gasteiger partial charge < -0.3 is 10.5 Å². The number of aryl methyl sites for hydroxylation is 1. The van der Waals surface area contributed by atoms with Crippen molar-refractivity contribution in [2.75, 3.05) is 6.61 Å². The SMILES string of the molecule is CCOC(=O)CC(N)c1c(C)c(-c2ccccc2C)cc(C(F)(F)F)c1F.Cl. The zero-order valence-electron chi connectivity index (χ0n) is 15.7. The van der Waals surface area contributed by atoms with Gasteiger partial charge in [0.1, 0.15) is 5.82 Å². The van der Waals surface area contributed by atoms with Crippen LogP contribution in [0.1, 0.15) is 41.6 Å². The Bertz CT molecular complexity index is 853. The van der Waals surface area contributed by atoms with Gasteiger partial charge in [0.2, 0.25) is 0 Å². The number of esters is 1. The lowest BCUT2D eigenvalue weighted by molar-refractivity contribution is -0.143. The minimum absolute atomic E-state index is 0. The smallest absolute Gasteiger partial charge is 0.419 e. The molecule has 8 heteroatoms. The van der Waals surface area contributed by atoms with Gasteiger partial charge in [0.05, 0.1) is 18.6 Å². The molecule has 1 atom stereocenters. The van der Waals surface area contributed by atoms with Gasteiger partial charge in [-0.3, -0.25) is 4.79 Å². The third kappa shape index (κ3) is 5.02. The second-order valence-electron chi connectivity index (χ2n) is 6.25. The van der Waals surface area contributed by atoms with Crippen molar-refractivity contribution < 1.29 is 27.1 Å². The predicted molar refractivity (Wildman–Crippen MR) is 102 cm³/mol. The van der Waals surface area contributed by atoms with E-state index in [-0.39, 0.29) is 35.7 Å². The lowest BCUT2D eigenvalue weighted by atomic mass is 9.87. The number of ether oxygens (including phenoxy) is 1. The molecular formula is C20H22ClF4NO2. The van der Waals surface area contributed by atoms with Gasteiger partial charge in [-0.2, -0.15) is 13.2 Å². The average Bonchev–Trinajstić information content (AvgIpc) is 2.55. The molecule has 0 spiro atoms. The monoisotopic (exact) mass is 419 g/mol. The molecule has 0 amide bonds. The Balaban J connectivity index is 0.00000392. The van der Waals surface area contributed by atoms with Crippen LogP contribution in [0.3, 0.4) is 0 Å². The molecule has 0 aromatic heterocycles. The summed E-state index contributed by atoms with van der Waals surface area (Å²) in [5.41, 5.74) is 5.98. The predicted octanol–water partition coefficient (Wildman–Crippen LogP) is 5.50. The topological polar surface area (TPSA) is 52.3 Å². The molecule has 0 bridgehead atoms. The molecule has 28 heavy (non-hydrogen) atoms. The molecule has 0 aliphatic heterocycles. The summed E-state index contributed by atoms with van der Waals surface area (Å²) < 4.78 is 59.8. The standard InChI is InChI=1S/C20H21F4NO2.ClH/c1-4-27-17(26)10-16(25)18-12(3)14(13-8-6-5-7-11(13)2)9-15(19(18)21)20(22,23)24;/h5-9,16H,4,10,25H2,1-3H3;1H. The van der Waals surface area contributed by atoms with Crippen LogP contribution >= 0.6 is 12.4 Å². The summed E-state index contributed by atoms with van der Waals surface area (Å²) in [5, 5.41) is 0. The van der Waals surface area contributed by atoms with Crippen LogP contribution in [0.2, 0.25) is 0 Å². The number of alkyl halides is 3. The molecule has 2 rings (SSSR count).